The van der Waals surface area contributed by atoms with Crippen LogP contribution in [-0.2, 0) is 10.2 Å². The fourth-order valence-corrected chi connectivity index (χ4v) is 2.83. The monoisotopic (exact) mass is 320 g/mol. The minimum atomic E-state index is -3.54. The van der Waals surface area contributed by atoms with E-state index in [0.29, 0.717) is 5.69 Å². The molecule has 4 nitrogen and oxygen atoms in total. The molecular weight excluding hydrogens is 304 g/mol. The molecule has 0 aromatic heterocycles. The van der Waals surface area contributed by atoms with Gasteiger partial charge < -0.3 is 0 Å². The highest BCUT2D eigenvalue weighted by Crippen LogP contribution is 2.20. The van der Waals surface area contributed by atoms with E-state index in [-0.39, 0.29) is 0 Å². The van der Waals surface area contributed by atoms with Gasteiger partial charge in [-0.05, 0) is 51.5 Å². The van der Waals surface area contributed by atoms with E-state index < -0.39 is 15.7 Å². The van der Waals surface area contributed by atoms with E-state index in [1.54, 1.807) is 32.9 Å². The molecule has 1 aromatic rings. The molecule has 1 rings (SSSR count). The summed E-state index contributed by atoms with van der Waals surface area (Å²) in [6, 6.07) is 5.29. The number of aryl methyl sites for hydroxylation is 1. The topological polar surface area (TPSA) is 58.2 Å². The Balaban J connectivity index is 2.87. The smallest absolute Gasteiger partial charge is 0.271 e. The summed E-state index contributed by atoms with van der Waals surface area (Å²) < 4.78 is 29.5. The van der Waals surface area contributed by atoms with Crippen LogP contribution in [0.25, 0.3) is 0 Å². The standard InChI is InChI=1S/C11H17BrN2O2S/c1-8-7-9(5-6-10(8)12)13-17(15,16)14-11(2,3)4/h5-7,13-14H,1-4H3. The molecule has 1 aromatic carbocycles. The van der Waals surface area contributed by atoms with E-state index in [2.05, 4.69) is 25.4 Å². The average molecular weight is 321 g/mol. The molecular formula is C11H17BrN2O2S. The summed E-state index contributed by atoms with van der Waals surface area (Å²) in [5, 5.41) is 0. The van der Waals surface area contributed by atoms with Crippen molar-refractivity contribution in [2.24, 2.45) is 0 Å². The van der Waals surface area contributed by atoms with E-state index in [9.17, 15) is 8.42 Å². The number of rotatable bonds is 3. The summed E-state index contributed by atoms with van der Waals surface area (Å²) in [7, 11) is -3.54. The average Bonchev–Trinajstić information content (AvgIpc) is 2.06. The minimum Gasteiger partial charge on any atom is -0.271 e. The van der Waals surface area contributed by atoms with Crippen molar-refractivity contribution in [3.63, 3.8) is 0 Å². The highest BCUT2D eigenvalue weighted by molar-refractivity contribution is 9.10. The molecule has 0 aliphatic heterocycles. The van der Waals surface area contributed by atoms with Gasteiger partial charge in [0.2, 0.25) is 0 Å². The van der Waals surface area contributed by atoms with E-state index in [1.165, 1.54) is 0 Å². The number of hydrogen-bond donors (Lipinski definition) is 2. The van der Waals surface area contributed by atoms with Gasteiger partial charge in [-0.2, -0.15) is 13.1 Å². The van der Waals surface area contributed by atoms with Crippen LogP contribution in [0.5, 0.6) is 0 Å². The molecule has 96 valence electrons. The molecule has 0 bridgehead atoms. The van der Waals surface area contributed by atoms with Gasteiger partial charge in [0.25, 0.3) is 10.2 Å². The van der Waals surface area contributed by atoms with Crippen LogP contribution in [0.4, 0.5) is 5.69 Å². The summed E-state index contributed by atoms with van der Waals surface area (Å²) in [6.07, 6.45) is 0. The molecule has 0 aliphatic carbocycles. The number of benzene rings is 1. The molecule has 0 aliphatic rings. The van der Waals surface area contributed by atoms with Crippen molar-refractivity contribution in [2.75, 3.05) is 4.72 Å². The molecule has 0 radical (unpaired) electrons. The highest BCUT2D eigenvalue weighted by Gasteiger charge is 2.19. The molecule has 17 heavy (non-hydrogen) atoms. The lowest BCUT2D eigenvalue weighted by Crippen LogP contribution is -2.43. The summed E-state index contributed by atoms with van der Waals surface area (Å²) in [6.45, 7) is 7.27. The predicted octanol–water partition coefficient (Wildman–Crippen LogP) is 2.80. The SMILES string of the molecule is Cc1cc(NS(=O)(=O)NC(C)(C)C)ccc1Br. The van der Waals surface area contributed by atoms with Gasteiger partial charge in [0.05, 0.1) is 5.69 Å². The van der Waals surface area contributed by atoms with E-state index in [0.717, 1.165) is 10.0 Å². The number of anilines is 1. The van der Waals surface area contributed by atoms with Gasteiger partial charge in [-0.15, -0.1) is 0 Å². The summed E-state index contributed by atoms with van der Waals surface area (Å²) in [4.78, 5) is 0. The molecule has 0 fully saturated rings. The van der Waals surface area contributed by atoms with Crippen LogP contribution in [0, 0.1) is 6.92 Å². The number of halogens is 1. The zero-order valence-corrected chi connectivity index (χ0v) is 12.7. The first kappa shape index (κ1) is 14.5. The van der Waals surface area contributed by atoms with Crippen LogP contribution in [0.3, 0.4) is 0 Å². The normalized spacial score (nSPS) is 12.5. The van der Waals surface area contributed by atoms with Gasteiger partial charge in [0.15, 0.2) is 0 Å². The Morgan fingerprint density at radius 1 is 1.24 bits per heavy atom. The third kappa shape index (κ3) is 5.06. The van der Waals surface area contributed by atoms with Gasteiger partial charge in [-0.3, -0.25) is 4.72 Å². The Morgan fingerprint density at radius 2 is 1.82 bits per heavy atom. The van der Waals surface area contributed by atoms with Crippen LogP contribution >= 0.6 is 15.9 Å². The molecule has 6 heteroatoms. The molecule has 0 amide bonds. The maximum atomic E-state index is 11.8. The Hall–Kier alpha value is -0.590. The lowest BCUT2D eigenvalue weighted by Gasteiger charge is -2.21. The number of nitrogens with one attached hydrogen (secondary N) is 2. The third-order valence-corrected chi connectivity index (χ3v) is 4.13. The van der Waals surface area contributed by atoms with Gasteiger partial charge >= 0.3 is 0 Å². The van der Waals surface area contributed by atoms with E-state index >= 15 is 0 Å². The minimum absolute atomic E-state index is 0.504. The lowest BCUT2D eigenvalue weighted by atomic mass is 10.1. The van der Waals surface area contributed by atoms with Crippen LogP contribution in [0.15, 0.2) is 22.7 Å². The van der Waals surface area contributed by atoms with Crippen molar-refractivity contribution in [2.45, 2.75) is 33.2 Å². The fraction of sp³-hybridized carbons (Fsp3) is 0.455. The molecule has 0 heterocycles. The molecule has 0 unspecified atom stereocenters. The molecule has 0 saturated carbocycles. The maximum absolute atomic E-state index is 11.8. The van der Waals surface area contributed by atoms with Crippen LogP contribution < -0.4 is 9.44 Å². The molecule has 2 N–H and O–H groups in total. The van der Waals surface area contributed by atoms with Crippen molar-refractivity contribution in [3.8, 4) is 0 Å². The maximum Gasteiger partial charge on any atom is 0.299 e. The van der Waals surface area contributed by atoms with E-state index in [4.69, 9.17) is 0 Å². The lowest BCUT2D eigenvalue weighted by molar-refractivity contribution is 0.494. The quantitative estimate of drug-likeness (QED) is 0.899. The Kier molecular flexibility index (Phi) is 4.22. The third-order valence-electron chi connectivity index (χ3n) is 1.85. The van der Waals surface area contributed by atoms with Crippen molar-refractivity contribution >= 4 is 31.8 Å². The van der Waals surface area contributed by atoms with Crippen LogP contribution in [0.2, 0.25) is 0 Å². The zero-order valence-electron chi connectivity index (χ0n) is 10.3. The molecule has 0 atom stereocenters. The van der Waals surface area contributed by atoms with Crippen LogP contribution in [-0.4, -0.2) is 14.0 Å². The fourth-order valence-electron chi connectivity index (χ4n) is 1.29. The second kappa shape index (κ2) is 4.96. The van der Waals surface area contributed by atoms with Gasteiger partial charge in [0, 0.05) is 10.0 Å². The first-order chi connectivity index (χ1) is 7.59. The second-order valence-electron chi connectivity index (χ2n) is 4.92. The molecule has 0 saturated heterocycles. The highest BCUT2D eigenvalue weighted by atomic mass is 79.9. The summed E-state index contributed by atoms with van der Waals surface area (Å²) in [5.74, 6) is 0. The van der Waals surface area contributed by atoms with Gasteiger partial charge in [0.1, 0.15) is 0 Å². The zero-order chi connectivity index (χ0) is 13.3. The second-order valence-corrected chi connectivity index (χ2v) is 7.19. The van der Waals surface area contributed by atoms with Gasteiger partial charge in [-0.1, -0.05) is 15.9 Å². The first-order valence-corrected chi connectivity index (χ1v) is 7.44. The summed E-state index contributed by atoms with van der Waals surface area (Å²) >= 11 is 3.36. The predicted molar refractivity (Wildman–Crippen MR) is 74.3 cm³/mol. The number of hydrogen-bond acceptors (Lipinski definition) is 2. The summed E-state index contributed by atoms with van der Waals surface area (Å²) in [5.41, 5.74) is 1.01. The van der Waals surface area contributed by atoms with Gasteiger partial charge in [-0.25, -0.2) is 0 Å². The van der Waals surface area contributed by atoms with Crippen molar-refractivity contribution < 1.29 is 8.42 Å². The van der Waals surface area contributed by atoms with E-state index in [1.807, 2.05) is 13.0 Å². The molecule has 0 spiro atoms. The van der Waals surface area contributed by atoms with Crippen molar-refractivity contribution in [1.82, 2.24) is 4.72 Å². The Bertz CT molecular complexity index is 507. The van der Waals surface area contributed by atoms with Crippen molar-refractivity contribution in [3.05, 3.63) is 28.2 Å². The Morgan fingerprint density at radius 3 is 2.29 bits per heavy atom. The van der Waals surface area contributed by atoms with Crippen LogP contribution in [0.1, 0.15) is 26.3 Å². The van der Waals surface area contributed by atoms with Crippen molar-refractivity contribution in [1.29, 1.82) is 0 Å². The Labute approximate surface area is 111 Å². The largest absolute Gasteiger partial charge is 0.299 e. The first-order valence-electron chi connectivity index (χ1n) is 5.17.